The lowest BCUT2D eigenvalue weighted by Gasteiger charge is -2.32. The van der Waals surface area contributed by atoms with Crippen LogP contribution in [0, 0.1) is 6.92 Å². The third kappa shape index (κ3) is 1.77. The molecule has 2 N–H and O–H groups in total. The molecule has 1 aromatic rings. The van der Waals surface area contributed by atoms with Crippen LogP contribution in [0.25, 0.3) is 0 Å². The summed E-state index contributed by atoms with van der Waals surface area (Å²) in [5, 5.41) is 0. The van der Waals surface area contributed by atoms with Gasteiger partial charge in [-0.2, -0.15) is 0 Å². The van der Waals surface area contributed by atoms with Crippen molar-refractivity contribution in [3.05, 3.63) is 21.9 Å². The molecule has 0 spiro atoms. The molecule has 1 unspecified atom stereocenters. The molecule has 72 valence electrons. The summed E-state index contributed by atoms with van der Waals surface area (Å²) in [5.74, 6) is 0. The molecule has 0 amide bonds. The van der Waals surface area contributed by atoms with Gasteiger partial charge in [0.15, 0.2) is 0 Å². The van der Waals surface area contributed by atoms with E-state index in [-0.39, 0.29) is 5.54 Å². The van der Waals surface area contributed by atoms with E-state index in [4.69, 9.17) is 10.5 Å². The summed E-state index contributed by atoms with van der Waals surface area (Å²) in [7, 11) is 0. The first kappa shape index (κ1) is 9.19. The topological polar surface area (TPSA) is 35.2 Å². The van der Waals surface area contributed by atoms with Crippen molar-refractivity contribution in [2.45, 2.75) is 25.3 Å². The Kier molecular flexibility index (Phi) is 2.41. The van der Waals surface area contributed by atoms with Crippen LogP contribution in [0.1, 0.15) is 22.6 Å². The highest BCUT2D eigenvalue weighted by Crippen LogP contribution is 2.32. The Balaban J connectivity index is 2.22. The summed E-state index contributed by atoms with van der Waals surface area (Å²) in [6.07, 6.45) is 2.13. The van der Waals surface area contributed by atoms with Crippen molar-refractivity contribution in [3.8, 4) is 0 Å². The van der Waals surface area contributed by atoms with Crippen molar-refractivity contribution >= 4 is 11.3 Å². The zero-order chi connectivity index (χ0) is 9.31. The van der Waals surface area contributed by atoms with Crippen LogP contribution in [0.4, 0.5) is 0 Å². The van der Waals surface area contributed by atoms with Gasteiger partial charge in [-0.3, -0.25) is 0 Å². The third-order valence-corrected chi connectivity index (χ3v) is 3.72. The molecule has 13 heavy (non-hydrogen) atoms. The van der Waals surface area contributed by atoms with Crippen LogP contribution in [0.15, 0.2) is 12.1 Å². The average molecular weight is 197 g/mol. The lowest BCUT2D eigenvalue weighted by Crippen LogP contribution is -2.43. The van der Waals surface area contributed by atoms with Gasteiger partial charge in [0.25, 0.3) is 0 Å². The fraction of sp³-hybridized carbons (Fsp3) is 0.600. The van der Waals surface area contributed by atoms with E-state index < -0.39 is 0 Å². The minimum atomic E-state index is -0.211. The zero-order valence-electron chi connectivity index (χ0n) is 7.88. The Bertz CT molecular complexity index is 289. The van der Waals surface area contributed by atoms with Gasteiger partial charge < -0.3 is 10.5 Å². The van der Waals surface area contributed by atoms with Gasteiger partial charge in [0, 0.05) is 16.4 Å². The second-order valence-electron chi connectivity index (χ2n) is 3.72. The van der Waals surface area contributed by atoms with Crippen LogP contribution in [0.5, 0.6) is 0 Å². The molecule has 1 aliphatic rings. The number of rotatable bonds is 1. The first-order valence-corrected chi connectivity index (χ1v) is 5.46. The van der Waals surface area contributed by atoms with Gasteiger partial charge in [-0.05, 0) is 31.9 Å². The lowest BCUT2D eigenvalue weighted by molar-refractivity contribution is 0.0381. The molecular formula is C10H15NOS. The molecule has 1 aliphatic heterocycles. The predicted molar refractivity (Wildman–Crippen MR) is 55.0 cm³/mol. The van der Waals surface area contributed by atoms with Gasteiger partial charge >= 0.3 is 0 Å². The van der Waals surface area contributed by atoms with E-state index in [2.05, 4.69) is 19.1 Å². The van der Waals surface area contributed by atoms with Crippen LogP contribution >= 0.6 is 11.3 Å². The number of hydrogen-bond donors (Lipinski definition) is 1. The third-order valence-electron chi connectivity index (χ3n) is 2.50. The molecule has 0 bridgehead atoms. The summed E-state index contributed by atoms with van der Waals surface area (Å²) in [4.78, 5) is 2.59. The van der Waals surface area contributed by atoms with Gasteiger partial charge in [0.1, 0.15) is 0 Å². The summed E-state index contributed by atoms with van der Waals surface area (Å²) in [6, 6.07) is 4.26. The Morgan fingerprint density at radius 2 is 2.38 bits per heavy atom. The monoisotopic (exact) mass is 197 g/mol. The smallest absolute Gasteiger partial charge is 0.0741 e. The van der Waals surface area contributed by atoms with Crippen LogP contribution in [-0.4, -0.2) is 13.2 Å². The summed E-state index contributed by atoms with van der Waals surface area (Å²) in [6.45, 7) is 3.65. The quantitative estimate of drug-likeness (QED) is 0.747. The van der Waals surface area contributed by atoms with Crippen LogP contribution in [0.3, 0.4) is 0 Å². The maximum Gasteiger partial charge on any atom is 0.0741 e. The molecule has 2 nitrogen and oxygen atoms in total. The average Bonchev–Trinajstić information content (AvgIpc) is 2.54. The summed E-state index contributed by atoms with van der Waals surface area (Å²) in [5.41, 5.74) is 6.07. The van der Waals surface area contributed by atoms with Crippen molar-refractivity contribution in [1.82, 2.24) is 0 Å². The zero-order valence-corrected chi connectivity index (χ0v) is 8.69. The van der Waals surface area contributed by atoms with Crippen molar-refractivity contribution in [1.29, 1.82) is 0 Å². The Morgan fingerprint density at radius 3 is 2.92 bits per heavy atom. The van der Waals surface area contributed by atoms with Crippen molar-refractivity contribution in [3.63, 3.8) is 0 Å². The number of ether oxygens (including phenoxy) is 1. The standard InChI is InChI=1S/C10H15NOS/c1-8-3-4-9(13-8)10(11)5-2-6-12-7-10/h3-4H,2,5-7,11H2,1H3. The maximum atomic E-state index is 6.28. The van der Waals surface area contributed by atoms with E-state index in [1.165, 1.54) is 9.75 Å². The minimum absolute atomic E-state index is 0.211. The van der Waals surface area contributed by atoms with Gasteiger partial charge in [0.2, 0.25) is 0 Å². The molecule has 1 aromatic heterocycles. The molecule has 0 saturated carbocycles. The largest absolute Gasteiger partial charge is 0.379 e. The molecule has 1 atom stereocenters. The predicted octanol–water partition coefficient (Wildman–Crippen LogP) is 2.02. The summed E-state index contributed by atoms with van der Waals surface area (Å²) < 4.78 is 5.43. The molecule has 2 heterocycles. The molecular weight excluding hydrogens is 182 g/mol. The number of hydrogen-bond acceptors (Lipinski definition) is 3. The second kappa shape index (κ2) is 3.40. The highest BCUT2D eigenvalue weighted by atomic mass is 32.1. The van der Waals surface area contributed by atoms with E-state index in [0.717, 1.165) is 19.4 Å². The number of aryl methyl sites for hydroxylation is 1. The summed E-state index contributed by atoms with van der Waals surface area (Å²) >= 11 is 1.79. The minimum Gasteiger partial charge on any atom is -0.379 e. The van der Waals surface area contributed by atoms with E-state index in [9.17, 15) is 0 Å². The molecule has 0 aliphatic carbocycles. The van der Waals surface area contributed by atoms with Gasteiger partial charge in [0.05, 0.1) is 12.1 Å². The van der Waals surface area contributed by atoms with Crippen LogP contribution < -0.4 is 5.73 Å². The SMILES string of the molecule is Cc1ccc(C2(N)CCCOC2)s1. The normalized spacial score (nSPS) is 29.1. The molecule has 1 fully saturated rings. The molecule has 0 radical (unpaired) electrons. The molecule has 1 saturated heterocycles. The fourth-order valence-electron chi connectivity index (χ4n) is 1.71. The van der Waals surface area contributed by atoms with Gasteiger partial charge in [-0.15, -0.1) is 11.3 Å². The van der Waals surface area contributed by atoms with Crippen molar-refractivity contribution in [2.75, 3.05) is 13.2 Å². The molecule has 0 aromatic carbocycles. The van der Waals surface area contributed by atoms with E-state index in [1.54, 1.807) is 11.3 Å². The van der Waals surface area contributed by atoms with Crippen LogP contribution in [-0.2, 0) is 10.3 Å². The van der Waals surface area contributed by atoms with E-state index in [1.807, 2.05) is 0 Å². The fourth-order valence-corrected chi connectivity index (χ4v) is 2.70. The first-order valence-electron chi connectivity index (χ1n) is 4.64. The van der Waals surface area contributed by atoms with Crippen LogP contribution in [0.2, 0.25) is 0 Å². The highest BCUT2D eigenvalue weighted by molar-refractivity contribution is 7.12. The highest BCUT2D eigenvalue weighted by Gasteiger charge is 2.31. The molecule has 2 rings (SSSR count). The number of nitrogens with two attached hydrogens (primary N) is 1. The molecule has 3 heteroatoms. The second-order valence-corrected chi connectivity index (χ2v) is 5.01. The lowest BCUT2D eigenvalue weighted by atomic mass is 9.92. The Morgan fingerprint density at radius 1 is 1.54 bits per heavy atom. The van der Waals surface area contributed by atoms with Crippen molar-refractivity contribution < 1.29 is 4.74 Å². The van der Waals surface area contributed by atoms with Crippen molar-refractivity contribution in [2.24, 2.45) is 5.73 Å². The van der Waals surface area contributed by atoms with Gasteiger partial charge in [-0.1, -0.05) is 0 Å². The number of thiophene rings is 1. The van der Waals surface area contributed by atoms with Gasteiger partial charge in [-0.25, -0.2) is 0 Å². The Hall–Kier alpha value is -0.380. The maximum absolute atomic E-state index is 6.28. The first-order chi connectivity index (χ1) is 6.21. The Labute approximate surface area is 82.7 Å². The van der Waals surface area contributed by atoms with E-state index >= 15 is 0 Å². The van der Waals surface area contributed by atoms with E-state index in [0.29, 0.717) is 6.61 Å².